The minimum absolute atomic E-state index is 0.148. The average molecular weight is 248 g/mol. The van der Waals surface area contributed by atoms with E-state index in [0.717, 1.165) is 17.7 Å². The first kappa shape index (κ1) is 14.3. The summed E-state index contributed by atoms with van der Waals surface area (Å²) in [5.74, 6) is 0.687. The molecule has 0 bridgehead atoms. The summed E-state index contributed by atoms with van der Waals surface area (Å²) in [6, 6.07) is 7.24. The van der Waals surface area contributed by atoms with Crippen molar-refractivity contribution in [2.45, 2.75) is 18.9 Å². The maximum atomic E-state index is 11.6. The number of ether oxygens (including phenoxy) is 1. The molecule has 0 saturated carbocycles. The second-order valence-electron chi connectivity index (χ2n) is 3.98. The number of nitrogens with two attached hydrogens (primary N) is 1. The Morgan fingerprint density at radius 1 is 1.56 bits per heavy atom. The largest absolute Gasteiger partial charge is 0.496 e. The number of nitrogens with one attached hydrogen (secondary N) is 1. The number of carbonyl (C=O) groups is 1. The molecule has 1 rings (SSSR count). The van der Waals surface area contributed by atoms with Crippen molar-refractivity contribution in [3.63, 3.8) is 0 Å². The van der Waals surface area contributed by atoms with Crippen LogP contribution < -0.4 is 15.8 Å². The zero-order valence-electron chi connectivity index (χ0n) is 10.7. The van der Waals surface area contributed by atoms with Gasteiger partial charge in [-0.15, -0.1) is 6.58 Å². The lowest BCUT2D eigenvalue weighted by Gasteiger charge is -2.11. The zero-order valence-corrected chi connectivity index (χ0v) is 10.7. The van der Waals surface area contributed by atoms with Crippen LogP contribution in [0, 0.1) is 0 Å². The second-order valence-corrected chi connectivity index (χ2v) is 3.98. The number of benzene rings is 1. The van der Waals surface area contributed by atoms with Crippen molar-refractivity contribution in [2.75, 3.05) is 13.7 Å². The van der Waals surface area contributed by atoms with Crippen molar-refractivity contribution >= 4 is 5.91 Å². The van der Waals surface area contributed by atoms with Crippen LogP contribution in [0.3, 0.4) is 0 Å². The van der Waals surface area contributed by atoms with Crippen LogP contribution in [-0.4, -0.2) is 25.6 Å². The van der Waals surface area contributed by atoms with Crippen molar-refractivity contribution in [1.29, 1.82) is 0 Å². The van der Waals surface area contributed by atoms with Crippen molar-refractivity contribution < 1.29 is 9.53 Å². The molecule has 0 aliphatic carbocycles. The molecule has 1 aromatic rings. The van der Waals surface area contributed by atoms with Crippen LogP contribution in [0.1, 0.15) is 12.0 Å². The molecule has 1 atom stereocenters. The Morgan fingerprint density at radius 2 is 2.28 bits per heavy atom. The predicted octanol–water partition coefficient (Wildman–Crippen LogP) is 1.26. The number of hydrogen-bond acceptors (Lipinski definition) is 3. The SMILES string of the molecule is C=CCC(N)C(=O)NCCc1ccccc1OC. The van der Waals surface area contributed by atoms with Crippen LogP contribution in [0.15, 0.2) is 36.9 Å². The molecule has 3 N–H and O–H groups in total. The highest BCUT2D eigenvalue weighted by Crippen LogP contribution is 2.17. The lowest BCUT2D eigenvalue weighted by molar-refractivity contribution is -0.122. The molecule has 0 aromatic heterocycles. The molecule has 0 radical (unpaired) electrons. The van der Waals surface area contributed by atoms with Crippen LogP contribution in [0.5, 0.6) is 5.75 Å². The lowest BCUT2D eigenvalue weighted by Crippen LogP contribution is -2.40. The van der Waals surface area contributed by atoms with Crippen molar-refractivity contribution in [1.82, 2.24) is 5.32 Å². The molecule has 0 saturated heterocycles. The number of rotatable bonds is 7. The number of hydrogen-bond donors (Lipinski definition) is 2. The van der Waals surface area contributed by atoms with E-state index in [1.165, 1.54) is 0 Å². The van der Waals surface area contributed by atoms with Crippen LogP contribution in [0.2, 0.25) is 0 Å². The van der Waals surface area contributed by atoms with E-state index >= 15 is 0 Å². The molecule has 1 aromatic carbocycles. The smallest absolute Gasteiger partial charge is 0.237 e. The zero-order chi connectivity index (χ0) is 13.4. The van der Waals surface area contributed by atoms with Gasteiger partial charge in [0.25, 0.3) is 0 Å². The molecule has 0 spiro atoms. The number of methoxy groups -OCH3 is 1. The molecule has 18 heavy (non-hydrogen) atoms. The molecule has 0 aliphatic heterocycles. The summed E-state index contributed by atoms with van der Waals surface area (Å²) in [5.41, 5.74) is 6.72. The summed E-state index contributed by atoms with van der Waals surface area (Å²) in [7, 11) is 1.64. The Hall–Kier alpha value is -1.81. The van der Waals surface area contributed by atoms with Gasteiger partial charge < -0.3 is 15.8 Å². The average Bonchev–Trinajstić information content (AvgIpc) is 2.39. The van der Waals surface area contributed by atoms with Gasteiger partial charge in [0, 0.05) is 6.54 Å². The molecule has 98 valence electrons. The Bertz CT molecular complexity index is 405. The number of amides is 1. The molecule has 0 fully saturated rings. The minimum Gasteiger partial charge on any atom is -0.496 e. The van der Waals surface area contributed by atoms with Gasteiger partial charge >= 0.3 is 0 Å². The summed E-state index contributed by atoms with van der Waals surface area (Å²) in [6.45, 7) is 4.10. The molecule has 1 unspecified atom stereocenters. The highest BCUT2D eigenvalue weighted by Gasteiger charge is 2.10. The highest BCUT2D eigenvalue weighted by atomic mass is 16.5. The Kier molecular flexibility index (Phi) is 5.94. The number of carbonyl (C=O) groups excluding carboxylic acids is 1. The van der Waals surface area contributed by atoms with Crippen molar-refractivity contribution in [3.8, 4) is 5.75 Å². The fourth-order valence-electron chi connectivity index (χ4n) is 1.65. The third kappa shape index (κ3) is 4.22. The van der Waals surface area contributed by atoms with Gasteiger partial charge in [0.15, 0.2) is 0 Å². The fraction of sp³-hybridized carbons (Fsp3) is 0.357. The van der Waals surface area contributed by atoms with Gasteiger partial charge in [-0.2, -0.15) is 0 Å². The van der Waals surface area contributed by atoms with Gasteiger partial charge in [-0.1, -0.05) is 24.3 Å². The van der Waals surface area contributed by atoms with E-state index in [1.54, 1.807) is 13.2 Å². The van der Waals surface area contributed by atoms with E-state index in [2.05, 4.69) is 11.9 Å². The van der Waals surface area contributed by atoms with Gasteiger partial charge in [-0.05, 0) is 24.5 Å². The standard InChI is InChI=1S/C14H20N2O2/c1-3-6-12(15)14(17)16-10-9-11-7-4-5-8-13(11)18-2/h3-5,7-8,12H,1,6,9-10,15H2,2H3,(H,16,17). The Balaban J connectivity index is 2.41. The number of para-hydroxylation sites is 1. The summed E-state index contributed by atoms with van der Waals surface area (Å²) in [6.07, 6.45) is 2.85. The molecule has 4 nitrogen and oxygen atoms in total. The Labute approximate surface area is 108 Å². The van der Waals surface area contributed by atoms with Crippen LogP contribution >= 0.6 is 0 Å². The first-order chi connectivity index (χ1) is 8.69. The topological polar surface area (TPSA) is 64.4 Å². The van der Waals surface area contributed by atoms with Gasteiger partial charge in [-0.3, -0.25) is 4.79 Å². The third-order valence-electron chi connectivity index (χ3n) is 2.64. The molecular weight excluding hydrogens is 228 g/mol. The van der Waals surface area contributed by atoms with E-state index in [1.807, 2.05) is 24.3 Å². The maximum Gasteiger partial charge on any atom is 0.237 e. The van der Waals surface area contributed by atoms with Crippen LogP contribution in [-0.2, 0) is 11.2 Å². The maximum absolute atomic E-state index is 11.6. The second kappa shape index (κ2) is 7.50. The molecular formula is C14H20N2O2. The summed E-state index contributed by atoms with van der Waals surface area (Å²) < 4.78 is 5.24. The van der Waals surface area contributed by atoms with Gasteiger partial charge in [0.2, 0.25) is 5.91 Å². The normalized spacial score (nSPS) is 11.7. The van der Waals surface area contributed by atoms with Crippen molar-refractivity contribution in [3.05, 3.63) is 42.5 Å². The minimum atomic E-state index is -0.514. The van der Waals surface area contributed by atoms with E-state index < -0.39 is 6.04 Å². The van der Waals surface area contributed by atoms with E-state index in [9.17, 15) is 4.79 Å². The monoisotopic (exact) mass is 248 g/mol. The quantitative estimate of drug-likeness (QED) is 0.714. The molecule has 4 heteroatoms. The van der Waals surface area contributed by atoms with Crippen molar-refractivity contribution in [2.24, 2.45) is 5.73 Å². The van der Waals surface area contributed by atoms with Crippen LogP contribution in [0.4, 0.5) is 0 Å². The lowest BCUT2D eigenvalue weighted by atomic mass is 10.1. The van der Waals surface area contributed by atoms with E-state index in [0.29, 0.717) is 13.0 Å². The van der Waals surface area contributed by atoms with Gasteiger partial charge in [0.05, 0.1) is 13.2 Å². The molecule has 1 amide bonds. The predicted molar refractivity (Wildman–Crippen MR) is 72.5 cm³/mol. The Morgan fingerprint density at radius 3 is 2.94 bits per heavy atom. The van der Waals surface area contributed by atoms with E-state index in [4.69, 9.17) is 10.5 Å². The third-order valence-corrected chi connectivity index (χ3v) is 2.64. The first-order valence-corrected chi connectivity index (χ1v) is 5.95. The van der Waals surface area contributed by atoms with Crippen LogP contribution in [0.25, 0.3) is 0 Å². The molecule has 0 aliphatic rings. The summed E-state index contributed by atoms with van der Waals surface area (Å²) in [5, 5.41) is 2.80. The molecule has 0 heterocycles. The summed E-state index contributed by atoms with van der Waals surface area (Å²) in [4.78, 5) is 11.6. The van der Waals surface area contributed by atoms with Gasteiger partial charge in [0.1, 0.15) is 5.75 Å². The first-order valence-electron chi connectivity index (χ1n) is 5.95. The summed E-state index contributed by atoms with van der Waals surface area (Å²) >= 11 is 0. The van der Waals surface area contributed by atoms with Gasteiger partial charge in [-0.25, -0.2) is 0 Å². The van der Waals surface area contributed by atoms with E-state index in [-0.39, 0.29) is 5.91 Å². The fourth-order valence-corrected chi connectivity index (χ4v) is 1.65. The highest BCUT2D eigenvalue weighted by molar-refractivity contribution is 5.81.